The van der Waals surface area contributed by atoms with Gasteiger partial charge in [0.25, 0.3) is 0 Å². The smallest absolute Gasteiger partial charge is 0.151 e. The number of hydrogen-bond acceptors (Lipinski definition) is 4. The van der Waals surface area contributed by atoms with Crippen LogP contribution < -0.4 is 5.32 Å². The third-order valence-corrected chi connectivity index (χ3v) is 4.13. The number of aliphatic hydroxyl groups is 1. The van der Waals surface area contributed by atoms with E-state index in [2.05, 4.69) is 10.5 Å². The second kappa shape index (κ2) is 5.77. The number of nitrogens with zero attached hydrogens (tertiary/aromatic N) is 1. The molecule has 1 fully saturated rings. The van der Waals surface area contributed by atoms with Gasteiger partial charge in [0.05, 0.1) is 13.2 Å². The molecule has 0 amide bonds. The van der Waals surface area contributed by atoms with Crippen molar-refractivity contribution in [2.45, 2.75) is 37.8 Å². The first kappa shape index (κ1) is 13.3. The summed E-state index contributed by atoms with van der Waals surface area (Å²) in [5, 5.41) is 17.1. The Morgan fingerprint density at radius 1 is 1.20 bits per heavy atom. The summed E-state index contributed by atoms with van der Waals surface area (Å²) < 4.78 is 5.37. The van der Waals surface area contributed by atoms with Crippen molar-refractivity contribution in [2.24, 2.45) is 0 Å². The molecule has 106 valence electrons. The van der Waals surface area contributed by atoms with E-state index in [-0.39, 0.29) is 12.1 Å². The van der Waals surface area contributed by atoms with Gasteiger partial charge >= 0.3 is 0 Å². The Balaban J connectivity index is 1.66. The second-order valence-electron chi connectivity index (χ2n) is 5.54. The summed E-state index contributed by atoms with van der Waals surface area (Å²) in [5.41, 5.74) is 1.78. The Bertz CT molecular complexity index is 545. The molecule has 1 heterocycles. The fourth-order valence-electron chi connectivity index (χ4n) is 2.86. The van der Waals surface area contributed by atoms with Gasteiger partial charge in [-0.15, -0.1) is 0 Å². The van der Waals surface area contributed by atoms with E-state index < -0.39 is 0 Å². The van der Waals surface area contributed by atoms with Crippen LogP contribution in [-0.2, 0) is 6.54 Å². The van der Waals surface area contributed by atoms with Crippen LogP contribution in [0.3, 0.4) is 0 Å². The van der Waals surface area contributed by atoms with Crippen molar-refractivity contribution >= 4 is 0 Å². The van der Waals surface area contributed by atoms with Crippen LogP contribution in [0.15, 0.2) is 40.9 Å². The van der Waals surface area contributed by atoms with Gasteiger partial charge in [-0.3, -0.25) is 0 Å². The molecule has 2 aromatic rings. The summed E-state index contributed by atoms with van der Waals surface area (Å²) in [6, 6.07) is 11.9. The van der Waals surface area contributed by atoms with Gasteiger partial charge in [-0.2, -0.15) is 0 Å². The van der Waals surface area contributed by atoms with Crippen molar-refractivity contribution in [2.75, 3.05) is 6.61 Å². The monoisotopic (exact) mass is 272 g/mol. The first-order chi connectivity index (χ1) is 9.81. The van der Waals surface area contributed by atoms with Crippen molar-refractivity contribution in [3.8, 4) is 11.3 Å². The van der Waals surface area contributed by atoms with E-state index in [0.29, 0.717) is 6.54 Å². The minimum Gasteiger partial charge on any atom is -0.394 e. The molecule has 1 aliphatic carbocycles. The van der Waals surface area contributed by atoms with Gasteiger partial charge < -0.3 is 14.9 Å². The van der Waals surface area contributed by atoms with Gasteiger partial charge in [0.1, 0.15) is 5.69 Å². The van der Waals surface area contributed by atoms with Gasteiger partial charge in [0.15, 0.2) is 5.76 Å². The zero-order valence-electron chi connectivity index (χ0n) is 11.5. The molecule has 0 unspecified atom stereocenters. The number of hydrogen-bond donors (Lipinski definition) is 2. The van der Waals surface area contributed by atoms with E-state index in [4.69, 9.17) is 4.52 Å². The molecule has 1 saturated carbocycles. The lowest BCUT2D eigenvalue weighted by Gasteiger charge is -2.27. The van der Waals surface area contributed by atoms with Crippen LogP contribution >= 0.6 is 0 Å². The molecular formula is C16H20N2O2. The molecular weight excluding hydrogens is 252 g/mol. The van der Waals surface area contributed by atoms with Gasteiger partial charge in [-0.05, 0) is 12.8 Å². The van der Waals surface area contributed by atoms with Gasteiger partial charge in [0, 0.05) is 17.2 Å². The molecule has 0 aliphatic heterocycles. The lowest BCUT2D eigenvalue weighted by molar-refractivity contribution is 0.159. The lowest BCUT2D eigenvalue weighted by atomic mass is 9.99. The minimum absolute atomic E-state index is 0.125. The van der Waals surface area contributed by atoms with Crippen LogP contribution in [0.2, 0.25) is 0 Å². The van der Waals surface area contributed by atoms with Crippen LogP contribution in [0.25, 0.3) is 11.3 Å². The predicted octanol–water partition coefficient (Wildman–Crippen LogP) is 2.74. The summed E-state index contributed by atoms with van der Waals surface area (Å²) in [5.74, 6) is 0.809. The van der Waals surface area contributed by atoms with Gasteiger partial charge in [-0.25, -0.2) is 0 Å². The Labute approximate surface area is 118 Å². The third kappa shape index (κ3) is 2.76. The Hall–Kier alpha value is -1.65. The van der Waals surface area contributed by atoms with Crippen molar-refractivity contribution in [3.63, 3.8) is 0 Å². The van der Waals surface area contributed by atoms with E-state index in [1.807, 2.05) is 36.4 Å². The maximum absolute atomic E-state index is 9.57. The number of rotatable bonds is 5. The second-order valence-corrected chi connectivity index (χ2v) is 5.54. The summed E-state index contributed by atoms with van der Waals surface area (Å²) in [6.07, 6.45) is 4.42. The highest BCUT2D eigenvalue weighted by atomic mass is 16.5. The Morgan fingerprint density at radius 3 is 2.65 bits per heavy atom. The zero-order valence-corrected chi connectivity index (χ0v) is 11.5. The SMILES string of the molecule is OCC1(NCc2cc(-c3ccccc3)no2)CCCC1. The van der Waals surface area contributed by atoms with E-state index in [1.54, 1.807) is 0 Å². The summed E-state index contributed by atoms with van der Waals surface area (Å²) in [7, 11) is 0. The lowest BCUT2D eigenvalue weighted by Crippen LogP contribution is -2.45. The molecule has 0 radical (unpaired) electrons. The third-order valence-electron chi connectivity index (χ3n) is 4.13. The van der Waals surface area contributed by atoms with Crippen LogP contribution in [0.4, 0.5) is 0 Å². The highest BCUT2D eigenvalue weighted by Gasteiger charge is 2.32. The quantitative estimate of drug-likeness (QED) is 0.878. The number of nitrogens with one attached hydrogen (secondary N) is 1. The number of aliphatic hydroxyl groups excluding tert-OH is 1. The van der Waals surface area contributed by atoms with Crippen molar-refractivity contribution in [1.82, 2.24) is 10.5 Å². The van der Waals surface area contributed by atoms with Gasteiger partial charge in [0.2, 0.25) is 0 Å². The van der Waals surface area contributed by atoms with Crippen LogP contribution in [0.5, 0.6) is 0 Å². The average Bonchev–Trinajstić information content (AvgIpc) is 3.16. The molecule has 1 aliphatic rings. The topological polar surface area (TPSA) is 58.3 Å². The molecule has 0 saturated heterocycles. The summed E-state index contributed by atoms with van der Waals surface area (Å²) in [6.45, 7) is 0.799. The summed E-state index contributed by atoms with van der Waals surface area (Å²) in [4.78, 5) is 0. The highest BCUT2D eigenvalue weighted by Crippen LogP contribution is 2.29. The van der Waals surface area contributed by atoms with Crippen LogP contribution in [0, 0.1) is 0 Å². The number of benzene rings is 1. The van der Waals surface area contributed by atoms with E-state index in [9.17, 15) is 5.11 Å². The predicted molar refractivity (Wildman–Crippen MR) is 77.1 cm³/mol. The average molecular weight is 272 g/mol. The number of aromatic nitrogens is 1. The standard InChI is InChI=1S/C16H20N2O2/c19-12-16(8-4-5-9-16)17-11-14-10-15(18-20-14)13-6-2-1-3-7-13/h1-3,6-7,10,17,19H,4-5,8-9,11-12H2. The van der Waals surface area contributed by atoms with E-state index in [0.717, 1.165) is 29.9 Å². The molecule has 1 aromatic carbocycles. The molecule has 3 rings (SSSR count). The molecule has 4 heteroatoms. The molecule has 0 atom stereocenters. The van der Waals surface area contributed by atoms with E-state index >= 15 is 0 Å². The minimum atomic E-state index is -0.125. The fourth-order valence-corrected chi connectivity index (χ4v) is 2.86. The zero-order chi connectivity index (χ0) is 13.8. The summed E-state index contributed by atoms with van der Waals surface area (Å²) >= 11 is 0. The normalized spacial score (nSPS) is 17.4. The van der Waals surface area contributed by atoms with Gasteiger partial charge in [-0.1, -0.05) is 48.3 Å². The molecule has 0 spiro atoms. The van der Waals surface area contributed by atoms with Crippen molar-refractivity contribution in [1.29, 1.82) is 0 Å². The van der Waals surface area contributed by atoms with E-state index in [1.165, 1.54) is 12.8 Å². The van der Waals surface area contributed by atoms with Crippen LogP contribution in [0.1, 0.15) is 31.4 Å². The molecule has 20 heavy (non-hydrogen) atoms. The first-order valence-electron chi connectivity index (χ1n) is 7.18. The maximum Gasteiger partial charge on any atom is 0.151 e. The van der Waals surface area contributed by atoms with Crippen molar-refractivity contribution < 1.29 is 9.63 Å². The van der Waals surface area contributed by atoms with Crippen LogP contribution in [-0.4, -0.2) is 22.4 Å². The Morgan fingerprint density at radius 2 is 1.95 bits per heavy atom. The Kier molecular flexibility index (Phi) is 3.85. The maximum atomic E-state index is 9.57. The van der Waals surface area contributed by atoms with Crippen molar-refractivity contribution in [3.05, 3.63) is 42.2 Å². The largest absolute Gasteiger partial charge is 0.394 e. The fraction of sp³-hybridized carbons (Fsp3) is 0.438. The highest BCUT2D eigenvalue weighted by molar-refractivity contribution is 5.58. The molecule has 1 aromatic heterocycles. The first-order valence-corrected chi connectivity index (χ1v) is 7.18. The molecule has 2 N–H and O–H groups in total. The molecule has 0 bridgehead atoms. The molecule has 4 nitrogen and oxygen atoms in total.